The van der Waals surface area contributed by atoms with Crippen LogP contribution < -0.4 is 5.73 Å². The summed E-state index contributed by atoms with van der Waals surface area (Å²) >= 11 is 23.0. The molecule has 0 aliphatic rings. The Balaban J connectivity index is 5.86. The highest BCUT2D eigenvalue weighted by Gasteiger charge is 2.68. The Morgan fingerprint density at radius 1 is 1.29 bits per heavy atom. The molecule has 0 aromatic carbocycles. The van der Waals surface area contributed by atoms with E-state index in [0.29, 0.717) is 0 Å². The zero-order valence-electron chi connectivity index (χ0n) is 8.09. The predicted molar refractivity (Wildman–Crippen MR) is 74.7 cm³/mol. The Labute approximate surface area is 128 Å². The number of aldehydes is 1. The van der Waals surface area contributed by atoms with Crippen LogP contribution in [0.15, 0.2) is 0 Å². The third-order valence-electron chi connectivity index (χ3n) is 1.88. The molecule has 0 aromatic rings. The highest BCUT2D eigenvalue weighted by atomic mass is 36.0. The Kier molecular flexibility index (Phi) is 5.66. The second-order valence-electron chi connectivity index (χ2n) is 3.11. The van der Waals surface area contributed by atoms with Gasteiger partial charge in [-0.3, -0.25) is 0 Å². The lowest BCUT2D eigenvalue weighted by molar-refractivity contribution is -0.145. The van der Waals surface area contributed by atoms with Crippen molar-refractivity contribution in [1.29, 1.82) is 0 Å². The summed E-state index contributed by atoms with van der Waals surface area (Å²) in [4.78, 5) is 21.8. The van der Waals surface area contributed by atoms with Crippen molar-refractivity contribution in [1.82, 2.24) is 0 Å². The highest BCUT2D eigenvalue weighted by Crippen LogP contribution is 2.75. The third-order valence-corrected chi connectivity index (χ3v) is 9.64. The van der Waals surface area contributed by atoms with Crippen LogP contribution in [0.2, 0.25) is 0 Å². The lowest BCUT2D eigenvalue weighted by Crippen LogP contribution is -2.67. The molecular formula is C6H7Cl6NO3S. The molecule has 0 aromatic heterocycles. The largest absolute Gasteiger partial charge is 0.479 e. The molecule has 0 saturated heterocycles. The summed E-state index contributed by atoms with van der Waals surface area (Å²) in [6.45, 7) is 0. The summed E-state index contributed by atoms with van der Waals surface area (Å²) in [6, 6.07) is 0. The minimum atomic E-state index is -2.88. The van der Waals surface area contributed by atoms with Crippen LogP contribution in [0.1, 0.15) is 0 Å². The minimum Gasteiger partial charge on any atom is -0.479 e. The minimum absolute atomic E-state index is 0.187. The molecule has 3 N–H and O–H groups in total. The van der Waals surface area contributed by atoms with E-state index < -0.39 is 28.0 Å². The molecule has 1 atom stereocenters. The Bertz CT molecular complexity index is 343. The maximum Gasteiger partial charge on any atom is 0.334 e. The number of aliphatic carboxylic acids is 1. The Morgan fingerprint density at radius 3 is 1.82 bits per heavy atom. The molecule has 0 saturated carbocycles. The van der Waals surface area contributed by atoms with E-state index >= 15 is 0 Å². The molecule has 1 unspecified atom stereocenters. The topological polar surface area (TPSA) is 80.4 Å². The number of halogens is 6. The zero-order chi connectivity index (χ0) is 14.3. The number of hydrogen-bond acceptors (Lipinski definition) is 3. The van der Waals surface area contributed by atoms with E-state index in [1.807, 2.05) is 0 Å². The fourth-order valence-electron chi connectivity index (χ4n) is 0.725. The first-order valence-corrected chi connectivity index (χ1v) is 8.87. The number of nitrogens with two attached hydrogens (primary N) is 1. The van der Waals surface area contributed by atoms with Gasteiger partial charge < -0.3 is 15.6 Å². The van der Waals surface area contributed by atoms with Gasteiger partial charge in [-0.2, -0.15) is 0 Å². The average Bonchev–Trinajstić information content (AvgIpc) is 2.13. The van der Waals surface area contributed by atoms with Crippen molar-refractivity contribution in [3.63, 3.8) is 0 Å². The van der Waals surface area contributed by atoms with Crippen LogP contribution in [-0.2, 0) is 9.59 Å². The van der Waals surface area contributed by atoms with Gasteiger partial charge in [0, 0.05) is 0 Å². The first-order valence-electron chi connectivity index (χ1n) is 3.67. The van der Waals surface area contributed by atoms with E-state index in [1.54, 1.807) is 0 Å². The van der Waals surface area contributed by atoms with Gasteiger partial charge in [0.1, 0.15) is 0 Å². The van der Waals surface area contributed by atoms with Crippen LogP contribution in [-0.4, -0.2) is 37.2 Å². The first kappa shape index (κ1) is 18.2. The molecule has 0 aliphatic heterocycles. The summed E-state index contributed by atoms with van der Waals surface area (Å²) in [5.74, 6) is -1.82. The highest BCUT2D eigenvalue weighted by molar-refractivity contribution is 8.67. The molecule has 11 heteroatoms. The molecule has 0 spiro atoms. The van der Waals surface area contributed by atoms with Gasteiger partial charge in [-0.1, -0.05) is 54.9 Å². The standard InChI is InChI=1S/C6H7Cl6NO3S/c1-17(11,12)6(9,10)5(7,8)4(13,2-14)3(15)16/h2H,13H2,1H3,(H,15,16). The summed E-state index contributed by atoms with van der Waals surface area (Å²) < 4.78 is -4.98. The molecule has 0 amide bonds. The smallest absolute Gasteiger partial charge is 0.334 e. The maximum atomic E-state index is 11.0. The number of carboxylic acids is 1. The second kappa shape index (κ2) is 5.29. The molecule has 0 bridgehead atoms. The van der Waals surface area contributed by atoms with Gasteiger partial charge in [0.05, 0.1) is 0 Å². The van der Waals surface area contributed by atoms with Crippen molar-refractivity contribution in [2.24, 2.45) is 5.73 Å². The molecule has 0 aliphatic carbocycles. The zero-order valence-corrected chi connectivity index (χ0v) is 13.4. The van der Waals surface area contributed by atoms with E-state index in [9.17, 15) is 9.59 Å². The fourth-order valence-corrected chi connectivity index (χ4v) is 4.00. The van der Waals surface area contributed by atoms with Crippen LogP contribution >= 0.6 is 76.2 Å². The van der Waals surface area contributed by atoms with Crippen LogP contribution in [0, 0.1) is 0 Å². The van der Waals surface area contributed by atoms with Gasteiger partial charge in [0.15, 0.2) is 10.6 Å². The van der Waals surface area contributed by atoms with Crippen molar-refractivity contribution in [3.8, 4) is 0 Å². The molecule has 0 rings (SSSR count). The Hall–Kier alpha value is 1.19. The number of carbonyl (C=O) groups excluding carboxylic acids is 1. The number of rotatable bonds is 5. The Morgan fingerprint density at radius 2 is 1.65 bits per heavy atom. The number of carbonyl (C=O) groups is 2. The SMILES string of the molecule is CS(Cl)(Cl)C(Cl)(Cl)C(Cl)(Cl)C(N)(C=O)C(=O)O. The van der Waals surface area contributed by atoms with Crippen molar-refractivity contribution in [2.45, 2.75) is 13.5 Å². The van der Waals surface area contributed by atoms with E-state index in [0.717, 1.165) is 0 Å². The van der Waals surface area contributed by atoms with Crippen molar-refractivity contribution in [3.05, 3.63) is 0 Å². The van der Waals surface area contributed by atoms with Crippen molar-refractivity contribution >= 4 is 88.5 Å². The van der Waals surface area contributed by atoms with Crippen LogP contribution in [0.4, 0.5) is 0 Å². The molecule has 0 heterocycles. The van der Waals surface area contributed by atoms with Crippen molar-refractivity contribution < 1.29 is 14.7 Å². The molecule has 0 radical (unpaired) electrons. The number of carboxylic acid groups (broad SMARTS) is 1. The molecule has 0 fully saturated rings. The molecule has 4 nitrogen and oxygen atoms in total. The van der Waals surface area contributed by atoms with Crippen LogP contribution in [0.5, 0.6) is 0 Å². The van der Waals surface area contributed by atoms with E-state index in [2.05, 4.69) is 0 Å². The third kappa shape index (κ3) is 2.87. The summed E-state index contributed by atoms with van der Waals surface area (Å²) in [7, 11) is 8.58. The first-order chi connectivity index (χ1) is 7.25. The fraction of sp³-hybridized carbons (Fsp3) is 0.667. The van der Waals surface area contributed by atoms with Crippen molar-refractivity contribution in [2.75, 3.05) is 6.26 Å². The van der Waals surface area contributed by atoms with E-state index in [1.165, 1.54) is 6.26 Å². The van der Waals surface area contributed by atoms with Gasteiger partial charge in [-0.25, -0.2) is 4.79 Å². The number of hydrogen-bond donors (Lipinski definition) is 2. The lowest BCUT2D eigenvalue weighted by atomic mass is 9.98. The average molecular weight is 386 g/mol. The summed E-state index contributed by atoms with van der Waals surface area (Å²) in [5.41, 5.74) is 2.53. The molecular weight excluding hydrogens is 379 g/mol. The van der Waals surface area contributed by atoms with E-state index in [4.69, 9.17) is 78.6 Å². The van der Waals surface area contributed by atoms with Crippen LogP contribution in [0.3, 0.4) is 0 Å². The van der Waals surface area contributed by atoms with Gasteiger partial charge in [-0.15, -0.1) is 0 Å². The normalized spacial score (nSPS) is 18.4. The van der Waals surface area contributed by atoms with Gasteiger partial charge in [0.25, 0.3) is 0 Å². The second-order valence-corrected chi connectivity index (χ2v) is 12.5. The summed E-state index contributed by atoms with van der Waals surface area (Å²) in [5, 5.41) is 8.88. The predicted octanol–water partition coefficient (Wildman–Crippen LogP) is 3.01. The summed E-state index contributed by atoms with van der Waals surface area (Å²) in [6.07, 6.45) is 1.01. The molecule has 102 valence electrons. The van der Waals surface area contributed by atoms with E-state index in [-0.39, 0.29) is 6.29 Å². The van der Waals surface area contributed by atoms with Gasteiger partial charge in [0.2, 0.25) is 9.20 Å². The quantitative estimate of drug-likeness (QED) is 0.433. The van der Waals surface area contributed by atoms with Crippen LogP contribution in [0.25, 0.3) is 0 Å². The number of alkyl halides is 4. The lowest BCUT2D eigenvalue weighted by Gasteiger charge is -2.46. The van der Waals surface area contributed by atoms with Gasteiger partial charge in [-0.05, 0) is 27.6 Å². The molecule has 17 heavy (non-hydrogen) atoms. The monoisotopic (exact) mass is 383 g/mol. The van der Waals surface area contributed by atoms with Gasteiger partial charge >= 0.3 is 5.97 Å². The maximum absolute atomic E-state index is 11.0.